The van der Waals surface area contributed by atoms with E-state index < -0.39 is 0 Å². The fourth-order valence-corrected chi connectivity index (χ4v) is 3.11. The first-order chi connectivity index (χ1) is 13.7. The van der Waals surface area contributed by atoms with Crippen LogP contribution in [0.3, 0.4) is 0 Å². The number of rotatable bonds is 7. The quantitative estimate of drug-likeness (QED) is 0.509. The summed E-state index contributed by atoms with van der Waals surface area (Å²) in [7, 11) is 5.15. The second kappa shape index (κ2) is 7.65. The lowest BCUT2D eigenvalue weighted by molar-refractivity contribution is 0.184. The SMILES string of the molecule is COC[C@@H](Nc1c(OC)ccc2[nH]c(-c3ccnn3C)nc12)c1ncccn1. The van der Waals surface area contributed by atoms with Gasteiger partial charge in [0.15, 0.2) is 11.6 Å². The van der Waals surface area contributed by atoms with Gasteiger partial charge in [0.25, 0.3) is 0 Å². The van der Waals surface area contributed by atoms with E-state index in [0.29, 0.717) is 18.2 Å². The van der Waals surface area contributed by atoms with Crippen molar-refractivity contribution in [1.29, 1.82) is 0 Å². The number of aromatic nitrogens is 6. The molecule has 4 rings (SSSR count). The Morgan fingerprint density at radius 2 is 1.96 bits per heavy atom. The molecule has 0 bridgehead atoms. The fraction of sp³-hybridized carbons (Fsp3) is 0.263. The van der Waals surface area contributed by atoms with Gasteiger partial charge in [-0.25, -0.2) is 15.0 Å². The predicted molar refractivity (Wildman–Crippen MR) is 105 cm³/mol. The second-order valence-corrected chi connectivity index (χ2v) is 6.22. The van der Waals surface area contributed by atoms with Crippen LogP contribution in [0.1, 0.15) is 11.9 Å². The zero-order chi connectivity index (χ0) is 19.5. The zero-order valence-corrected chi connectivity index (χ0v) is 15.9. The van der Waals surface area contributed by atoms with Crippen molar-refractivity contribution in [2.45, 2.75) is 6.04 Å². The molecule has 28 heavy (non-hydrogen) atoms. The molecule has 0 unspecified atom stereocenters. The molecule has 4 aromatic rings. The summed E-state index contributed by atoms with van der Waals surface area (Å²) in [6, 6.07) is 7.26. The highest BCUT2D eigenvalue weighted by Gasteiger charge is 2.20. The standard InChI is InChI=1S/C19H21N7O2/c1-26-14(7-10-22-26)19-24-12-5-6-15(28-3)17(16(12)25-19)23-13(11-27-2)18-20-8-4-9-21-18/h4-10,13,23H,11H2,1-3H3,(H,24,25)/t13-/m1/s1. The van der Waals surface area contributed by atoms with Crippen molar-refractivity contribution >= 4 is 16.7 Å². The minimum atomic E-state index is -0.262. The number of nitrogens with one attached hydrogen (secondary N) is 2. The van der Waals surface area contributed by atoms with Crippen molar-refractivity contribution < 1.29 is 9.47 Å². The summed E-state index contributed by atoms with van der Waals surface area (Å²) >= 11 is 0. The summed E-state index contributed by atoms with van der Waals surface area (Å²) in [5, 5.41) is 7.67. The first-order valence-electron chi connectivity index (χ1n) is 8.78. The van der Waals surface area contributed by atoms with Crippen molar-refractivity contribution in [2.75, 3.05) is 26.1 Å². The van der Waals surface area contributed by atoms with Crippen LogP contribution >= 0.6 is 0 Å². The smallest absolute Gasteiger partial charge is 0.156 e. The first kappa shape index (κ1) is 17.9. The minimum Gasteiger partial charge on any atom is -0.495 e. The zero-order valence-electron chi connectivity index (χ0n) is 15.9. The van der Waals surface area contributed by atoms with Crippen molar-refractivity contribution in [3.05, 3.63) is 48.7 Å². The van der Waals surface area contributed by atoms with Crippen LogP contribution in [0.2, 0.25) is 0 Å². The number of ether oxygens (including phenoxy) is 2. The maximum Gasteiger partial charge on any atom is 0.156 e. The topological polar surface area (TPSA) is 103 Å². The lowest BCUT2D eigenvalue weighted by Crippen LogP contribution is -2.19. The summed E-state index contributed by atoms with van der Waals surface area (Å²) in [6.45, 7) is 0.391. The summed E-state index contributed by atoms with van der Waals surface area (Å²) in [4.78, 5) is 16.8. The summed E-state index contributed by atoms with van der Waals surface area (Å²) < 4.78 is 12.7. The number of hydrogen-bond donors (Lipinski definition) is 2. The van der Waals surface area contributed by atoms with Crippen molar-refractivity contribution in [3.8, 4) is 17.3 Å². The largest absolute Gasteiger partial charge is 0.495 e. The molecule has 0 amide bonds. The molecule has 0 aliphatic rings. The summed E-state index contributed by atoms with van der Waals surface area (Å²) in [5.74, 6) is 2.03. The summed E-state index contributed by atoms with van der Waals surface area (Å²) in [5.41, 5.74) is 3.28. The van der Waals surface area contributed by atoms with Gasteiger partial charge in [-0.1, -0.05) is 0 Å². The van der Waals surface area contributed by atoms with E-state index in [4.69, 9.17) is 14.5 Å². The van der Waals surface area contributed by atoms with Crippen LogP contribution in [0.25, 0.3) is 22.6 Å². The monoisotopic (exact) mass is 379 g/mol. The molecule has 0 aliphatic heterocycles. The van der Waals surface area contributed by atoms with Crippen LogP contribution in [-0.4, -0.2) is 50.5 Å². The Bertz CT molecular complexity index is 1070. The van der Waals surface area contributed by atoms with E-state index in [1.54, 1.807) is 43.6 Å². The van der Waals surface area contributed by atoms with Crippen molar-refractivity contribution in [3.63, 3.8) is 0 Å². The third-order valence-corrected chi connectivity index (χ3v) is 4.45. The van der Waals surface area contributed by atoms with E-state index in [-0.39, 0.29) is 6.04 Å². The molecule has 0 radical (unpaired) electrons. The molecule has 2 N–H and O–H groups in total. The van der Waals surface area contributed by atoms with Crippen molar-refractivity contribution in [2.24, 2.45) is 7.05 Å². The van der Waals surface area contributed by atoms with Crippen LogP contribution in [0.5, 0.6) is 5.75 Å². The molecule has 0 aliphatic carbocycles. The maximum absolute atomic E-state index is 5.58. The average Bonchev–Trinajstić information content (AvgIpc) is 3.34. The Morgan fingerprint density at radius 3 is 2.64 bits per heavy atom. The average molecular weight is 379 g/mol. The Kier molecular flexibility index (Phi) is 4.90. The maximum atomic E-state index is 5.58. The van der Waals surface area contributed by atoms with E-state index in [1.807, 2.05) is 25.2 Å². The van der Waals surface area contributed by atoms with Crippen LogP contribution in [0.15, 0.2) is 42.9 Å². The van der Waals surface area contributed by atoms with Crippen LogP contribution in [-0.2, 0) is 11.8 Å². The van der Waals surface area contributed by atoms with Gasteiger partial charge in [0.2, 0.25) is 0 Å². The molecule has 0 fully saturated rings. The van der Waals surface area contributed by atoms with E-state index in [2.05, 4.69) is 25.4 Å². The van der Waals surface area contributed by atoms with Gasteiger partial charge in [-0.3, -0.25) is 4.68 Å². The molecule has 0 spiro atoms. The van der Waals surface area contributed by atoms with Gasteiger partial charge < -0.3 is 19.8 Å². The van der Waals surface area contributed by atoms with Gasteiger partial charge in [-0.15, -0.1) is 0 Å². The minimum absolute atomic E-state index is 0.262. The van der Waals surface area contributed by atoms with Crippen LogP contribution in [0.4, 0.5) is 5.69 Å². The molecular weight excluding hydrogens is 358 g/mol. The van der Waals surface area contributed by atoms with E-state index in [0.717, 1.165) is 28.2 Å². The van der Waals surface area contributed by atoms with Crippen molar-refractivity contribution in [1.82, 2.24) is 29.7 Å². The molecular formula is C19H21N7O2. The molecule has 1 atom stereocenters. The molecule has 0 saturated carbocycles. The lowest BCUT2D eigenvalue weighted by Gasteiger charge is -2.19. The normalized spacial score (nSPS) is 12.2. The first-order valence-corrected chi connectivity index (χ1v) is 8.78. The molecule has 1 aromatic carbocycles. The number of imidazole rings is 1. The Hall–Kier alpha value is -3.46. The molecule has 9 nitrogen and oxygen atoms in total. The highest BCUT2D eigenvalue weighted by molar-refractivity contribution is 5.93. The second-order valence-electron chi connectivity index (χ2n) is 6.22. The predicted octanol–water partition coefficient (Wildman–Crippen LogP) is 2.56. The Labute approximate surface area is 161 Å². The number of methoxy groups -OCH3 is 2. The fourth-order valence-electron chi connectivity index (χ4n) is 3.11. The van der Waals surface area contributed by atoms with Gasteiger partial charge in [-0.2, -0.15) is 5.10 Å². The molecule has 3 aromatic heterocycles. The molecule has 0 saturated heterocycles. The van der Waals surface area contributed by atoms with E-state index in [1.165, 1.54) is 0 Å². The van der Waals surface area contributed by atoms with E-state index in [9.17, 15) is 0 Å². The third-order valence-electron chi connectivity index (χ3n) is 4.45. The van der Waals surface area contributed by atoms with Gasteiger partial charge in [0.1, 0.15) is 28.7 Å². The summed E-state index contributed by atoms with van der Waals surface area (Å²) in [6.07, 6.45) is 5.16. The third kappa shape index (κ3) is 3.27. The van der Waals surface area contributed by atoms with Gasteiger partial charge in [0.05, 0.1) is 19.2 Å². The number of aromatic amines is 1. The van der Waals surface area contributed by atoms with Gasteiger partial charge in [-0.05, 0) is 24.3 Å². The molecule has 3 heterocycles. The number of hydrogen-bond acceptors (Lipinski definition) is 7. The number of fused-ring (bicyclic) bond motifs is 1. The lowest BCUT2D eigenvalue weighted by atomic mass is 10.2. The molecule has 9 heteroatoms. The van der Waals surface area contributed by atoms with Crippen LogP contribution < -0.4 is 10.1 Å². The number of H-pyrrole nitrogens is 1. The Morgan fingerprint density at radius 1 is 1.14 bits per heavy atom. The van der Waals surface area contributed by atoms with Gasteiger partial charge in [0, 0.05) is 32.7 Å². The highest BCUT2D eigenvalue weighted by Crippen LogP contribution is 2.35. The highest BCUT2D eigenvalue weighted by atomic mass is 16.5. The number of aryl methyl sites for hydroxylation is 1. The van der Waals surface area contributed by atoms with Gasteiger partial charge >= 0.3 is 0 Å². The molecule has 144 valence electrons. The van der Waals surface area contributed by atoms with Crippen LogP contribution in [0, 0.1) is 0 Å². The number of anilines is 1. The number of nitrogens with zero attached hydrogens (tertiary/aromatic N) is 5. The van der Waals surface area contributed by atoms with E-state index >= 15 is 0 Å². The Balaban J connectivity index is 1.80. The number of benzene rings is 1.